The summed E-state index contributed by atoms with van der Waals surface area (Å²) in [6.45, 7) is 2.25. The van der Waals surface area contributed by atoms with Crippen LogP contribution < -0.4 is 15.5 Å². The molecule has 0 heterocycles. The van der Waals surface area contributed by atoms with Gasteiger partial charge in [-0.25, -0.2) is 9.82 Å². The Labute approximate surface area is 173 Å². The van der Waals surface area contributed by atoms with Crippen LogP contribution in [0.2, 0.25) is 0 Å². The number of benzene rings is 3. The minimum atomic E-state index is -0.869. The number of hydrogen-bond donors (Lipinski definition) is 2. The maximum absolute atomic E-state index is 12.9. The van der Waals surface area contributed by atoms with Gasteiger partial charge in [0.05, 0.1) is 6.21 Å². The summed E-state index contributed by atoms with van der Waals surface area (Å²) in [7, 11) is 0. The van der Waals surface area contributed by atoms with Gasteiger partial charge >= 0.3 is 11.8 Å². The van der Waals surface area contributed by atoms with Crippen LogP contribution in [0.15, 0.2) is 77.9 Å². The van der Waals surface area contributed by atoms with Crippen molar-refractivity contribution in [1.29, 1.82) is 0 Å². The topological polar surface area (TPSA) is 79.8 Å². The van der Waals surface area contributed by atoms with Gasteiger partial charge in [0, 0.05) is 5.69 Å². The minimum Gasteiger partial charge on any atom is -0.489 e. The molecule has 2 amide bonds. The Hall–Kier alpha value is -4.00. The number of ether oxygens (including phenoxy) is 1. The van der Waals surface area contributed by atoms with Crippen molar-refractivity contribution in [2.24, 2.45) is 5.10 Å². The molecule has 3 aromatic rings. The second-order valence-corrected chi connectivity index (χ2v) is 6.50. The predicted octanol–water partition coefficient (Wildman–Crippen LogP) is 3.80. The minimum absolute atomic E-state index is 0.290. The normalized spacial score (nSPS) is 10.6. The van der Waals surface area contributed by atoms with Crippen LogP contribution in [-0.4, -0.2) is 18.0 Å². The molecule has 2 N–H and O–H groups in total. The smallest absolute Gasteiger partial charge is 0.329 e. The number of nitrogens with zero attached hydrogens (tertiary/aromatic N) is 1. The summed E-state index contributed by atoms with van der Waals surface area (Å²) in [6, 6.07) is 20.2. The molecule has 0 aliphatic carbocycles. The molecule has 6 nitrogen and oxygen atoms in total. The van der Waals surface area contributed by atoms with Gasteiger partial charge < -0.3 is 10.1 Å². The number of rotatable bonds is 6. The highest BCUT2D eigenvalue weighted by Crippen LogP contribution is 2.14. The molecule has 0 saturated heterocycles. The number of nitrogens with one attached hydrogen (secondary N) is 2. The number of hydrazone groups is 1. The molecule has 0 atom stereocenters. The van der Waals surface area contributed by atoms with Gasteiger partial charge in [0.2, 0.25) is 0 Å². The maximum Gasteiger partial charge on any atom is 0.329 e. The van der Waals surface area contributed by atoms with Crippen LogP contribution in [0.1, 0.15) is 16.7 Å². The molecule has 0 fully saturated rings. The van der Waals surface area contributed by atoms with Crippen molar-refractivity contribution in [2.45, 2.75) is 13.5 Å². The summed E-state index contributed by atoms with van der Waals surface area (Å²) in [5, 5.41) is 6.28. The van der Waals surface area contributed by atoms with Crippen molar-refractivity contribution in [1.82, 2.24) is 5.43 Å². The summed E-state index contributed by atoms with van der Waals surface area (Å²) in [4.78, 5) is 23.7. The molecule has 7 heteroatoms. The average molecular weight is 405 g/mol. The second-order valence-electron chi connectivity index (χ2n) is 6.50. The highest BCUT2D eigenvalue weighted by Gasteiger charge is 2.12. The SMILES string of the molecule is Cc1ccc(NC(=O)C(=O)N/N=C/c2ccc(OCc3ccc(F)cc3)cc2)cc1. The fourth-order valence-corrected chi connectivity index (χ4v) is 2.44. The summed E-state index contributed by atoms with van der Waals surface area (Å²) in [5.41, 5.74) is 5.33. The number of carbonyl (C=O) groups excluding carboxylic acids is 2. The van der Waals surface area contributed by atoms with Gasteiger partial charge in [0.15, 0.2) is 0 Å². The quantitative estimate of drug-likeness (QED) is 0.372. The van der Waals surface area contributed by atoms with E-state index in [1.807, 2.05) is 19.1 Å². The largest absolute Gasteiger partial charge is 0.489 e. The standard InChI is InChI=1S/C23H20FN3O3/c1-16-2-10-20(11-3-16)26-22(28)23(29)27-25-14-17-6-12-21(13-7-17)30-15-18-4-8-19(24)9-5-18/h2-14H,15H2,1H3,(H,26,28)(H,27,29)/b25-14+. The van der Waals surface area contributed by atoms with Gasteiger partial charge in [0.25, 0.3) is 0 Å². The van der Waals surface area contributed by atoms with E-state index in [-0.39, 0.29) is 5.82 Å². The van der Waals surface area contributed by atoms with E-state index >= 15 is 0 Å². The van der Waals surface area contributed by atoms with E-state index in [1.165, 1.54) is 18.3 Å². The first-order valence-corrected chi connectivity index (χ1v) is 9.18. The lowest BCUT2D eigenvalue weighted by Crippen LogP contribution is -2.32. The highest BCUT2D eigenvalue weighted by molar-refractivity contribution is 6.39. The van der Waals surface area contributed by atoms with Gasteiger partial charge in [0.1, 0.15) is 18.2 Å². The van der Waals surface area contributed by atoms with Crippen LogP contribution in [-0.2, 0) is 16.2 Å². The monoisotopic (exact) mass is 405 g/mol. The molecule has 152 valence electrons. The Morgan fingerprint density at radius 3 is 2.27 bits per heavy atom. The summed E-state index contributed by atoms with van der Waals surface area (Å²) in [6.07, 6.45) is 1.42. The molecule has 3 aromatic carbocycles. The first kappa shape index (κ1) is 20.7. The Kier molecular flexibility index (Phi) is 6.89. The van der Waals surface area contributed by atoms with Gasteiger partial charge in [-0.3, -0.25) is 9.59 Å². The molecule has 0 spiro atoms. The molecule has 0 radical (unpaired) electrons. The third kappa shape index (κ3) is 6.27. The fourth-order valence-electron chi connectivity index (χ4n) is 2.44. The zero-order valence-electron chi connectivity index (χ0n) is 16.3. The van der Waals surface area contributed by atoms with Gasteiger partial charge in [-0.15, -0.1) is 0 Å². The summed E-state index contributed by atoms with van der Waals surface area (Å²) < 4.78 is 18.5. The lowest BCUT2D eigenvalue weighted by Gasteiger charge is -2.06. The average Bonchev–Trinajstić information content (AvgIpc) is 2.76. The summed E-state index contributed by atoms with van der Waals surface area (Å²) in [5.74, 6) is -1.33. The van der Waals surface area contributed by atoms with Crippen LogP contribution >= 0.6 is 0 Å². The Morgan fingerprint density at radius 2 is 1.60 bits per heavy atom. The van der Waals surface area contributed by atoms with Crippen molar-refractivity contribution in [3.63, 3.8) is 0 Å². The fraction of sp³-hybridized carbons (Fsp3) is 0.0870. The van der Waals surface area contributed by atoms with Crippen LogP contribution in [0, 0.1) is 12.7 Å². The van der Waals surface area contributed by atoms with Crippen molar-refractivity contribution in [3.05, 3.63) is 95.3 Å². The third-order valence-electron chi connectivity index (χ3n) is 4.09. The number of carbonyl (C=O) groups is 2. The number of amides is 2. The first-order valence-electron chi connectivity index (χ1n) is 9.18. The van der Waals surface area contributed by atoms with Crippen LogP contribution in [0.5, 0.6) is 5.75 Å². The van der Waals surface area contributed by atoms with E-state index in [0.29, 0.717) is 23.6 Å². The van der Waals surface area contributed by atoms with E-state index in [2.05, 4.69) is 15.8 Å². The lowest BCUT2D eigenvalue weighted by molar-refractivity contribution is -0.136. The Balaban J connectivity index is 1.46. The Bertz CT molecular complexity index is 1030. The second kappa shape index (κ2) is 9.97. The first-order chi connectivity index (χ1) is 14.5. The third-order valence-corrected chi connectivity index (χ3v) is 4.09. The zero-order chi connectivity index (χ0) is 21.3. The highest BCUT2D eigenvalue weighted by atomic mass is 19.1. The van der Waals surface area contributed by atoms with E-state index in [9.17, 15) is 14.0 Å². The van der Waals surface area contributed by atoms with E-state index in [1.54, 1.807) is 48.5 Å². The molecule has 0 aromatic heterocycles. The molecule has 0 bridgehead atoms. The maximum atomic E-state index is 12.9. The molecular formula is C23H20FN3O3. The number of anilines is 1. The molecular weight excluding hydrogens is 385 g/mol. The van der Waals surface area contributed by atoms with Crippen molar-refractivity contribution in [3.8, 4) is 5.75 Å². The van der Waals surface area contributed by atoms with Crippen LogP contribution in [0.4, 0.5) is 10.1 Å². The lowest BCUT2D eigenvalue weighted by atomic mass is 10.2. The zero-order valence-corrected chi connectivity index (χ0v) is 16.3. The van der Waals surface area contributed by atoms with Crippen molar-refractivity contribution < 1.29 is 18.7 Å². The molecule has 0 unspecified atom stereocenters. The number of aryl methyl sites for hydroxylation is 1. The van der Waals surface area contributed by atoms with E-state index < -0.39 is 11.8 Å². The molecule has 3 rings (SSSR count). The molecule has 0 saturated carbocycles. The van der Waals surface area contributed by atoms with Gasteiger partial charge in [-0.2, -0.15) is 5.10 Å². The molecule has 0 aliphatic rings. The summed E-state index contributed by atoms with van der Waals surface area (Å²) >= 11 is 0. The molecule has 30 heavy (non-hydrogen) atoms. The number of halogens is 1. The van der Waals surface area contributed by atoms with E-state index in [0.717, 1.165) is 11.1 Å². The Morgan fingerprint density at radius 1 is 0.933 bits per heavy atom. The van der Waals surface area contributed by atoms with Crippen molar-refractivity contribution in [2.75, 3.05) is 5.32 Å². The van der Waals surface area contributed by atoms with Gasteiger partial charge in [-0.05, 0) is 66.6 Å². The van der Waals surface area contributed by atoms with E-state index in [4.69, 9.17) is 4.74 Å². The van der Waals surface area contributed by atoms with Crippen LogP contribution in [0.3, 0.4) is 0 Å². The van der Waals surface area contributed by atoms with Crippen LogP contribution in [0.25, 0.3) is 0 Å². The van der Waals surface area contributed by atoms with Crippen molar-refractivity contribution >= 4 is 23.7 Å². The molecule has 0 aliphatic heterocycles. The number of hydrogen-bond acceptors (Lipinski definition) is 4. The van der Waals surface area contributed by atoms with Gasteiger partial charge in [-0.1, -0.05) is 29.8 Å². The predicted molar refractivity (Wildman–Crippen MR) is 113 cm³/mol.